The molecule has 2 unspecified atom stereocenters. The number of benzene rings is 1. The Morgan fingerprint density at radius 1 is 1.20 bits per heavy atom. The van der Waals surface area contributed by atoms with E-state index in [1.54, 1.807) is 6.07 Å². The molecule has 3 heterocycles. The Kier molecular flexibility index (Phi) is 5.80. The number of nitrogens with two attached hydrogens (primary N) is 1. The number of hydrogen-bond acceptors (Lipinski definition) is 6. The lowest BCUT2D eigenvalue weighted by molar-refractivity contribution is 0.0771. The molecule has 30 heavy (non-hydrogen) atoms. The predicted octanol–water partition coefficient (Wildman–Crippen LogP) is 2.06. The first-order chi connectivity index (χ1) is 14.5. The summed E-state index contributed by atoms with van der Waals surface area (Å²) in [6.45, 7) is 8.27. The van der Waals surface area contributed by atoms with Gasteiger partial charge in [-0.2, -0.15) is 5.26 Å². The SMILES string of the molecule is Cc1ncnc(C)c1C(=O)N1CC2CN(CC[C@H](N)c3cccc(C#N)c3)CC2C1. The molecule has 2 aliphatic heterocycles. The minimum Gasteiger partial charge on any atom is -0.338 e. The van der Waals surface area contributed by atoms with Crippen LogP contribution >= 0.6 is 0 Å². The highest BCUT2D eigenvalue weighted by Crippen LogP contribution is 2.32. The van der Waals surface area contributed by atoms with Crippen molar-refractivity contribution >= 4 is 5.91 Å². The molecular formula is C23H28N6O. The summed E-state index contributed by atoms with van der Waals surface area (Å²) in [5, 5.41) is 9.07. The van der Waals surface area contributed by atoms with Crippen LogP contribution in [0.3, 0.4) is 0 Å². The average molecular weight is 405 g/mol. The highest BCUT2D eigenvalue weighted by molar-refractivity contribution is 5.96. The molecule has 0 saturated carbocycles. The number of fused-ring (bicyclic) bond motifs is 1. The maximum absolute atomic E-state index is 13.0. The van der Waals surface area contributed by atoms with E-state index in [4.69, 9.17) is 11.0 Å². The lowest BCUT2D eigenvalue weighted by Crippen LogP contribution is -2.35. The third kappa shape index (κ3) is 4.07. The van der Waals surface area contributed by atoms with E-state index < -0.39 is 0 Å². The summed E-state index contributed by atoms with van der Waals surface area (Å²) >= 11 is 0. The molecule has 2 N–H and O–H groups in total. The van der Waals surface area contributed by atoms with E-state index in [9.17, 15) is 4.79 Å². The molecule has 7 nitrogen and oxygen atoms in total. The first kappa shape index (κ1) is 20.5. The fourth-order valence-corrected chi connectivity index (χ4v) is 4.83. The lowest BCUT2D eigenvalue weighted by atomic mass is 10.0. The number of likely N-dealkylation sites (tertiary alicyclic amines) is 2. The van der Waals surface area contributed by atoms with Crippen molar-refractivity contribution in [3.63, 3.8) is 0 Å². The van der Waals surface area contributed by atoms with E-state index in [2.05, 4.69) is 20.9 Å². The topological polar surface area (TPSA) is 99.1 Å². The third-order valence-electron chi connectivity index (χ3n) is 6.49. The average Bonchev–Trinajstić information content (AvgIpc) is 3.30. The van der Waals surface area contributed by atoms with Crippen LogP contribution in [0.1, 0.15) is 45.3 Å². The number of amides is 1. The van der Waals surface area contributed by atoms with Crippen molar-refractivity contribution in [2.45, 2.75) is 26.3 Å². The van der Waals surface area contributed by atoms with Crippen LogP contribution in [0.2, 0.25) is 0 Å². The smallest absolute Gasteiger partial charge is 0.257 e. The molecule has 7 heteroatoms. The molecule has 0 spiro atoms. The van der Waals surface area contributed by atoms with Crippen LogP contribution in [-0.2, 0) is 0 Å². The molecular weight excluding hydrogens is 376 g/mol. The zero-order valence-corrected chi connectivity index (χ0v) is 17.6. The number of carbonyl (C=O) groups excluding carboxylic acids is 1. The van der Waals surface area contributed by atoms with E-state index in [1.807, 2.05) is 36.9 Å². The fourth-order valence-electron chi connectivity index (χ4n) is 4.83. The summed E-state index contributed by atoms with van der Waals surface area (Å²) in [5.41, 5.74) is 10.2. The van der Waals surface area contributed by atoms with Gasteiger partial charge in [0, 0.05) is 32.2 Å². The van der Waals surface area contributed by atoms with E-state index >= 15 is 0 Å². The summed E-state index contributed by atoms with van der Waals surface area (Å²) in [4.78, 5) is 25.9. The Bertz CT molecular complexity index is 950. The van der Waals surface area contributed by atoms with Gasteiger partial charge in [0.2, 0.25) is 0 Å². The highest BCUT2D eigenvalue weighted by atomic mass is 16.2. The normalized spacial score (nSPS) is 22.0. The molecule has 4 rings (SSSR count). The number of hydrogen-bond donors (Lipinski definition) is 1. The van der Waals surface area contributed by atoms with Crippen LogP contribution in [0.4, 0.5) is 0 Å². The predicted molar refractivity (Wildman–Crippen MR) is 114 cm³/mol. The number of rotatable bonds is 5. The van der Waals surface area contributed by atoms with Crippen molar-refractivity contribution in [3.8, 4) is 6.07 Å². The number of nitriles is 1. The van der Waals surface area contributed by atoms with Crippen molar-refractivity contribution in [1.29, 1.82) is 5.26 Å². The molecule has 0 radical (unpaired) electrons. The van der Waals surface area contributed by atoms with Gasteiger partial charge in [-0.1, -0.05) is 12.1 Å². The maximum Gasteiger partial charge on any atom is 0.257 e. The van der Waals surface area contributed by atoms with Crippen LogP contribution in [0.5, 0.6) is 0 Å². The van der Waals surface area contributed by atoms with Gasteiger partial charge < -0.3 is 15.5 Å². The molecule has 2 fully saturated rings. The number of aryl methyl sites for hydroxylation is 2. The first-order valence-corrected chi connectivity index (χ1v) is 10.5. The zero-order chi connectivity index (χ0) is 21.3. The van der Waals surface area contributed by atoms with Gasteiger partial charge >= 0.3 is 0 Å². The Morgan fingerprint density at radius 2 is 1.87 bits per heavy atom. The summed E-state index contributed by atoms with van der Waals surface area (Å²) in [5.74, 6) is 1.08. The maximum atomic E-state index is 13.0. The van der Waals surface area contributed by atoms with Gasteiger partial charge in [0.25, 0.3) is 5.91 Å². The van der Waals surface area contributed by atoms with Gasteiger partial charge in [-0.05, 0) is 56.3 Å². The fraction of sp³-hybridized carbons (Fsp3) is 0.478. The van der Waals surface area contributed by atoms with Crippen LogP contribution in [0.15, 0.2) is 30.6 Å². The second kappa shape index (κ2) is 8.50. The molecule has 3 atom stereocenters. The standard InChI is InChI=1S/C23H28N6O/c1-15-22(16(2)27-14-26-15)23(30)29-12-19-10-28(11-20(19)13-29)7-6-21(25)18-5-3-4-17(8-18)9-24/h3-5,8,14,19-21H,6-7,10-13,25H2,1-2H3/t19?,20?,21-/m0/s1. The van der Waals surface area contributed by atoms with E-state index in [0.29, 0.717) is 23.0 Å². The number of aromatic nitrogens is 2. The minimum absolute atomic E-state index is 0.0611. The molecule has 1 aromatic carbocycles. The highest BCUT2D eigenvalue weighted by Gasteiger charge is 2.42. The number of nitrogens with zero attached hydrogens (tertiary/aromatic N) is 5. The molecule has 0 aliphatic carbocycles. The molecule has 1 aromatic heterocycles. The quantitative estimate of drug-likeness (QED) is 0.819. The summed E-state index contributed by atoms with van der Waals surface area (Å²) in [7, 11) is 0. The van der Waals surface area contributed by atoms with Crippen LogP contribution < -0.4 is 5.73 Å². The van der Waals surface area contributed by atoms with Gasteiger partial charge in [-0.3, -0.25) is 4.79 Å². The number of carbonyl (C=O) groups is 1. The Balaban J connectivity index is 1.30. The summed E-state index contributed by atoms with van der Waals surface area (Å²) in [6.07, 6.45) is 2.37. The second-order valence-electron chi connectivity index (χ2n) is 8.54. The Hall–Kier alpha value is -2.82. The van der Waals surface area contributed by atoms with E-state index in [1.165, 1.54) is 6.33 Å². The zero-order valence-electron chi connectivity index (χ0n) is 17.6. The first-order valence-electron chi connectivity index (χ1n) is 10.5. The van der Waals surface area contributed by atoms with Crippen molar-refractivity contribution in [3.05, 3.63) is 58.7 Å². The monoisotopic (exact) mass is 404 g/mol. The van der Waals surface area contributed by atoms with Crippen molar-refractivity contribution < 1.29 is 4.79 Å². The Labute approximate surface area is 177 Å². The van der Waals surface area contributed by atoms with Gasteiger partial charge in [0.05, 0.1) is 28.6 Å². The van der Waals surface area contributed by atoms with Gasteiger partial charge in [-0.15, -0.1) is 0 Å². The van der Waals surface area contributed by atoms with Gasteiger partial charge in [0.15, 0.2) is 0 Å². The van der Waals surface area contributed by atoms with E-state index in [0.717, 1.165) is 56.1 Å². The molecule has 2 aromatic rings. The second-order valence-corrected chi connectivity index (χ2v) is 8.54. The van der Waals surface area contributed by atoms with Crippen molar-refractivity contribution in [2.24, 2.45) is 17.6 Å². The van der Waals surface area contributed by atoms with Crippen molar-refractivity contribution in [1.82, 2.24) is 19.8 Å². The lowest BCUT2D eigenvalue weighted by Gasteiger charge is -2.23. The summed E-state index contributed by atoms with van der Waals surface area (Å²) in [6, 6.07) is 9.66. The largest absolute Gasteiger partial charge is 0.338 e. The van der Waals surface area contributed by atoms with Crippen molar-refractivity contribution in [2.75, 3.05) is 32.7 Å². The van der Waals surface area contributed by atoms with Crippen LogP contribution in [0, 0.1) is 37.0 Å². The molecule has 2 saturated heterocycles. The Morgan fingerprint density at radius 3 is 2.50 bits per heavy atom. The summed E-state index contributed by atoms with van der Waals surface area (Å²) < 4.78 is 0. The van der Waals surface area contributed by atoms with Crippen LogP contribution in [0.25, 0.3) is 0 Å². The third-order valence-corrected chi connectivity index (χ3v) is 6.49. The molecule has 2 aliphatic rings. The van der Waals surface area contributed by atoms with Gasteiger partial charge in [-0.25, -0.2) is 9.97 Å². The van der Waals surface area contributed by atoms with E-state index in [-0.39, 0.29) is 11.9 Å². The molecule has 1 amide bonds. The molecule has 156 valence electrons. The van der Waals surface area contributed by atoms with Crippen LogP contribution in [-0.4, -0.2) is 58.4 Å². The minimum atomic E-state index is -0.0687. The van der Waals surface area contributed by atoms with Gasteiger partial charge in [0.1, 0.15) is 6.33 Å². The molecule has 0 bridgehead atoms.